The van der Waals surface area contributed by atoms with Gasteiger partial charge in [-0.25, -0.2) is 0 Å². The molecule has 33 heavy (non-hydrogen) atoms. The molecule has 2 aromatic carbocycles. The molecule has 4 rings (SSSR count). The summed E-state index contributed by atoms with van der Waals surface area (Å²) in [4.78, 5) is 17.8. The summed E-state index contributed by atoms with van der Waals surface area (Å²) in [5.41, 5.74) is 3.87. The molecule has 0 saturated carbocycles. The van der Waals surface area contributed by atoms with Crippen molar-refractivity contribution in [3.8, 4) is 0 Å². The summed E-state index contributed by atoms with van der Waals surface area (Å²) in [5.74, 6) is -0.157. The molecular weight excluding hydrogens is 432 g/mol. The van der Waals surface area contributed by atoms with Crippen LogP contribution >= 0.6 is 11.8 Å². The molecule has 7 heteroatoms. The van der Waals surface area contributed by atoms with Crippen LogP contribution in [0.3, 0.4) is 0 Å². The molecule has 2 aromatic heterocycles. The number of para-hydroxylation sites is 1. The number of carbonyl (C=O) groups excluding carboxylic acids is 1. The first-order valence-electron chi connectivity index (χ1n) is 10.9. The number of benzene rings is 2. The lowest BCUT2D eigenvalue weighted by Gasteiger charge is -2.11. The minimum absolute atomic E-state index is 0.157. The van der Waals surface area contributed by atoms with Crippen molar-refractivity contribution < 1.29 is 9.53 Å². The van der Waals surface area contributed by atoms with Gasteiger partial charge in [0.25, 0.3) is 0 Å². The van der Waals surface area contributed by atoms with E-state index in [0.717, 1.165) is 57.2 Å². The van der Waals surface area contributed by atoms with Crippen molar-refractivity contribution in [2.24, 2.45) is 0 Å². The Balaban J connectivity index is 1.41. The fourth-order valence-electron chi connectivity index (χ4n) is 3.40. The zero-order valence-electron chi connectivity index (χ0n) is 18.5. The van der Waals surface area contributed by atoms with Crippen LogP contribution in [0.15, 0.2) is 76.7 Å². The summed E-state index contributed by atoms with van der Waals surface area (Å²) in [6, 6.07) is 20.4. The zero-order chi connectivity index (χ0) is 22.9. The summed E-state index contributed by atoms with van der Waals surface area (Å²) in [6.45, 7) is 0.806. The van der Waals surface area contributed by atoms with Gasteiger partial charge >= 0.3 is 5.97 Å². The Morgan fingerprint density at radius 3 is 2.82 bits per heavy atom. The number of aromatic amines is 1. The van der Waals surface area contributed by atoms with Gasteiger partial charge < -0.3 is 10.1 Å². The topological polar surface area (TPSA) is 79.9 Å². The molecule has 0 atom stereocenters. The predicted molar refractivity (Wildman–Crippen MR) is 134 cm³/mol. The smallest absolute Gasteiger partial charge is 0.305 e. The number of aromatic nitrogens is 3. The highest BCUT2D eigenvalue weighted by Gasteiger charge is 2.08. The van der Waals surface area contributed by atoms with E-state index in [1.807, 2.05) is 42.5 Å². The molecule has 0 saturated heterocycles. The van der Waals surface area contributed by atoms with E-state index in [1.165, 1.54) is 7.11 Å². The average molecular weight is 459 g/mol. The van der Waals surface area contributed by atoms with Crippen molar-refractivity contribution in [1.29, 1.82) is 0 Å². The normalized spacial score (nSPS) is 11.2. The highest BCUT2D eigenvalue weighted by Crippen LogP contribution is 2.35. The van der Waals surface area contributed by atoms with Crippen LogP contribution in [0.1, 0.15) is 30.7 Å². The first kappa shape index (κ1) is 22.6. The van der Waals surface area contributed by atoms with Gasteiger partial charge in [-0.2, -0.15) is 5.10 Å². The maximum Gasteiger partial charge on any atom is 0.305 e. The van der Waals surface area contributed by atoms with Crippen molar-refractivity contribution in [2.75, 3.05) is 19.0 Å². The SMILES string of the molecule is COC(=O)CCCCNc1ccccc1Sc1ccc2c(/C=C/c3ccccn3)n[nH]c2c1. The van der Waals surface area contributed by atoms with Crippen LogP contribution in [-0.2, 0) is 9.53 Å². The number of nitrogens with one attached hydrogen (secondary N) is 2. The van der Waals surface area contributed by atoms with Gasteiger partial charge in [-0.05, 0) is 67.5 Å². The molecule has 0 fully saturated rings. The number of methoxy groups -OCH3 is 1. The Bertz CT molecular complexity index is 1240. The fraction of sp³-hybridized carbons (Fsp3) is 0.192. The quantitative estimate of drug-likeness (QED) is 0.223. The van der Waals surface area contributed by atoms with Gasteiger partial charge in [0.1, 0.15) is 0 Å². The third kappa shape index (κ3) is 6.23. The van der Waals surface area contributed by atoms with Gasteiger partial charge in [-0.15, -0.1) is 0 Å². The van der Waals surface area contributed by atoms with E-state index >= 15 is 0 Å². The van der Waals surface area contributed by atoms with Crippen LogP contribution in [-0.4, -0.2) is 34.8 Å². The summed E-state index contributed by atoms with van der Waals surface area (Å²) >= 11 is 1.71. The second-order valence-electron chi connectivity index (χ2n) is 7.46. The first-order valence-corrected chi connectivity index (χ1v) is 11.7. The zero-order valence-corrected chi connectivity index (χ0v) is 19.3. The molecule has 2 N–H and O–H groups in total. The lowest BCUT2D eigenvalue weighted by atomic mass is 10.2. The third-order valence-corrected chi connectivity index (χ3v) is 6.19. The number of hydrogen-bond donors (Lipinski definition) is 2. The van der Waals surface area contributed by atoms with Crippen molar-refractivity contribution in [2.45, 2.75) is 29.1 Å². The molecule has 4 aromatic rings. The van der Waals surface area contributed by atoms with Crippen LogP contribution < -0.4 is 5.32 Å². The maximum atomic E-state index is 11.2. The van der Waals surface area contributed by atoms with E-state index in [0.29, 0.717) is 6.42 Å². The molecule has 0 spiro atoms. The number of fused-ring (bicyclic) bond motifs is 1. The first-order chi connectivity index (χ1) is 16.2. The Morgan fingerprint density at radius 2 is 1.97 bits per heavy atom. The molecule has 0 radical (unpaired) electrons. The Hall–Kier alpha value is -3.58. The molecule has 168 valence electrons. The number of H-pyrrole nitrogens is 1. The van der Waals surface area contributed by atoms with Crippen LogP contribution in [0.4, 0.5) is 5.69 Å². The highest BCUT2D eigenvalue weighted by atomic mass is 32.2. The molecule has 6 nitrogen and oxygen atoms in total. The Labute approximate surface area is 197 Å². The van der Waals surface area contributed by atoms with Crippen molar-refractivity contribution in [3.05, 3.63) is 78.2 Å². The van der Waals surface area contributed by atoms with E-state index in [2.05, 4.69) is 50.8 Å². The molecule has 0 aliphatic heterocycles. The maximum absolute atomic E-state index is 11.2. The number of nitrogens with zero attached hydrogens (tertiary/aromatic N) is 2. The molecule has 0 aliphatic rings. The number of hydrogen-bond acceptors (Lipinski definition) is 6. The van der Waals surface area contributed by atoms with Gasteiger partial charge in [0.15, 0.2) is 0 Å². The van der Waals surface area contributed by atoms with E-state index in [-0.39, 0.29) is 5.97 Å². The van der Waals surface area contributed by atoms with Crippen LogP contribution in [0.2, 0.25) is 0 Å². The van der Waals surface area contributed by atoms with Gasteiger partial charge in [-0.3, -0.25) is 14.9 Å². The summed E-state index contributed by atoms with van der Waals surface area (Å²) in [5, 5.41) is 12.2. The number of anilines is 1. The molecule has 0 amide bonds. The van der Waals surface area contributed by atoms with Gasteiger partial charge in [-0.1, -0.05) is 30.0 Å². The Morgan fingerprint density at radius 1 is 1.09 bits per heavy atom. The largest absolute Gasteiger partial charge is 0.469 e. The molecule has 0 aliphatic carbocycles. The lowest BCUT2D eigenvalue weighted by Crippen LogP contribution is -2.05. The number of rotatable bonds is 10. The minimum Gasteiger partial charge on any atom is -0.469 e. The number of esters is 1. The van der Waals surface area contributed by atoms with Gasteiger partial charge in [0, 0.05) is 40.0 Å². The van der Waals surface area contributed by atoms with Crippen LogP contribution in [0.5, 0.6) is 0 Å². The number of pyridine rings is 1. The second-order valence-corrected chi connectivity index (χ2v) is 8.58. The second kappa shape index (κ2) is 11.3. The van der Waals surface area contributed by atoms with Crippen molar-refractivity contribution >= 4 is 46.5 Å². The van der Waals surface area contributed by atoms with Crippen LogP contribution in [0.25, 0.3) is 23.1 Å². The highest BCUT2D eigenvalue weighted by molar-refractivity contribution is 7.99. The van der Waals surface area contributed by atoms with Crippen molar-refractivity contribution in [3.63, 3.8) is 0 Å². The van der Waals surface area contributed by atoms with E-state index < -0.39 is 0 Å². The van der Waals surface area contributed by atoms with E-state index in [4.69, 9.17) is 4.74 Å². The van der Waals surface area contributed by atoms with Crippen molar-refractivity contribution in [1.82, 2.24) is 15.2 Å². The monoisotopic (exact) mass is 458 g/mol. The number of carbonyl (C=O) groups is 1. The van der Waals surface area contributed by atoms with Crippen LogP contribution in [0, 0.1) is 0 Å². The Kier molecular flexibility index (Phi) is 7.76. The fourth-order valence-corrected chi connectivity index (χ4v) is 4.36. The number of ether oxygens (including phenoxy) is 1. The van der Waals surface area contributed by atoms with Gasteiger partial charge in [0.2, 0.25) is 0 Å². The molecule has 2 heterocycles. The van der Waals surface area contributed by atoms with E-state index in [1.54, 1.807) is 18.0 Å². The lowest BCUT2D eigenvalue weighted by molar-refractivity contribution is -0.140. The standard InChI is InChI=1S/C26H26N4O2S/c1-32-26(31)11-5-7-17-28-23-9-2-3-10-25(23)33-20-13-14-21-22(29-30-24(21)18-20)15-12-19-8-4-6-16-27-19/h2-4,6,8-10,12-16,18,28H,5,7,11,17H2,1H3,(H,29,30)/b15-12+. The number of unbranched alkanes of at least 4 members (excludes halogenated alkanes) is 1. The molecule has 0 unspecified atom stereocenters. The predicted octanol–water partition coefficient (Wildman–Crippen LogP) is 6.03. The minimum atomic E-state index is -0.157. The van der Waals surface area contributed by atoms with E-state index in [9.17, 15) is 4.79 Å². The summed E-state index contributed by atoms with van der Waals surface area (Å²) < 4.78 is 4.69. The molecule has 0 bridgehead atoms. The summed E-state index contributed by atoms with van der Waals surface area (Å²) in [7, 11) is 1.42. The third-order valence-electron chi connectivity index (χ3n) is 5.13. The molecular formula is C26H26N4O2S. The van der Waals surface area contributed by atoms with Gasteiger partial charge in [0.05, 0.1) is 24.0 Å². The average Bonchev–Trinajstić information content (AvgIpc) is 3.26. The summed E-state index contributed by atoms with van der Waals surface area (Å²) in [6.07, 6.45) is 7.89.